The van der Waals surface area contributed by atoms with E-state index in [4.69, 9.17) is 4.74 Å². The number of anilines is 1. The maximum Gasteiger partial charge on any atom is 0.227 e. The molecule has 1 aromatic rings. The number of carbonyl (C=O) groups is 2. The van der Waals surface area contributed by atoms with Crippen molar-refractivity contribution in [2.45, 2.75) is 39.7 Å². The van der Waals surface area contributed by atoms with Gasteiger partial charge in [0.2, 0.25) is 11.8 Å². The van der Waals surface area contributed by atoms with Crippen LogP contribution in [0.5, 0.6) is 5.75 Å². The second kappa shape index (κ2) is 7.29. The standard InChI is InChI=1S/C17H24N2O3/c1-4-12(3)18-17(21)13-10-16(20)19(11-13)14-6-8-15(9-7-14)22-5-2/h6-9,12-13H,4-5,10-11H2,1-3H3,(H,18,21)/t12-,13-/m0/s1. The molecule has 2 rings (SSSR count). The van der Waals surface area contributed by atoms with E-state index in [-0.39, 0.29) is 30.2 Å². The van der Waals surface area contributed by atoms with Crippen molar-refractivity contribution in [3.05, 3.63) is 24.3 Å². The van der Waals surface area contributed by atoms with Gasteiger partial charge in [0.05, 0.1) is 12.5 Å². The van der Waals surface area contributed by atoms with Gasteiger partial charge in [0.15, 0.2) is 0 Å². The molecule has 5 nitrogen and oxygen atoms in total. The van der Waals surface area contributed by atoms with Crippen molar-refractivity contribution in [2.75, 3.05) is 18.1 Å². The molecule has 1 aliphatic rings. The highest BCUT2D eigenvalue weighted by Gasteiger charge is 2.35. The molecule has 0 unspecified atom stereocenters. The monoisotopic (exact) mass is 304 g/mol. The van der Waals surface area contributed by atoms with Gasteiger partial charge in [-0.15, -0.1) is 0 Å². The van der Waals surface area contributed by atoms with Gasteiger partial charge in [-0.2, -0.15) is 0 Å². The number of nitrogens with one attached hydrogen (secondary N) is 1. The topological polar surface area (TPSA) is 58.6 Å². The number of hydrogen-bond acceptors (Lipinski definition) is 3. The first kappa shape index (κ1) is 16.3. The average Bonchev–Trinajstić information content (AvgIpc) is 2.90. The van der Waals surface area contributed by atoms with Crippen LogP contribution in [-0.2, 0) is 9.59 Å². The fourth-order valence-corrected chi connectivity index (χ4v) is 2.48. The summed E-state index contributed by atoms with van der Waals surface area (Å²) in [4.78, 5) is 26.0. The summed E-state index contributed by atoms with van der Waals surface area (Å²) in [5.74, 6) is 0.474. The fraction of sp³-hybridized carbons (Fsp3) is 0.529. The summed E-state index contributed by atoms with van der Waals surface area (Å²) in [6.45, 7) is 6.98. The molecule has 120 valence electrons. The Labute approximate surface area is 131 Å². The second-order valence-electron chi connectivity index (χ2n) is 5.65. The SMILES string of the molecule is CCOc1ccc(N2C[C@@H](C(=O)N[C@@H](C)CC)CC2=O)cc1. The molecule has 1 heterocycles. The Morgan fingerprint density at radius 1 is 1.36 bits per heavy atom. The summed E-state index contributed by atoms with van der Waals surface area (Å²) in [5.41, 5.74) is 0.812. The van der Waals surface area contributed by atoms with Gasteiger partial charge < -0.3 is 15.0 Å². The van der Waals surface area contributed by atoms with E-state index in [9.17, 15) is 9.59 Å². The zero-order valence-corrected chi connectivity index (χ0v) is 13.5. The van der Waals surface area contributed by atoms with Crippen molar-refractivity contribution >= 4 is 17.5 Å². The number of benzene rings is 1. The van der Waals surface area contributed by atoms with Crippen molar-refractivity contribution in [1.82, 2.24) is 5.32 Å². The van der Waals surface area contributed by atoms with Crippen LogP contribution in [0.25, 0.3) is 0 Å². The third kappa shape index (κ3) is 3.78. The summed E-state index contributed by atoms with van der Waals surface area (Å²) in [5, 5.41) is 2.95. The predicted octanol–water partition coefficient (Wildman–Crippen LogP) is 2.35. The van der Waals surface area contributed by atoms with Crippen molar-refractivity contribution in [1.29, 1.82) is 0 Å². The largest absolute Gasteiger partial charge is 0.494 e. The molecule has 0 bridgehead atoms. The van der Waals surface area contributed by atoms with E-state index in [1.807, 2.05) is 45.0 Å². The highest BCUT2D eigenvalue weighted by atomic mass is 16.5. The zero-order chi connectivity index (χ0) is 16.1. The highest BCUT2D eigenvalue weighted by Crippen LogP contribution is 2.27. The number of hydrogen-bond donors (Lipinski definition) is 1. The number of rotatable bonds is 6. The van der Waals surface area contributed by atoms with Crippen LogP contribution in [-0.4, -0.2) is 31.0 Å². The number of ether oxygens (including phenoxy) is 1. The van der Waals surface area contributed by atoms with E-state index in [0.29, 0.717) is 13.2 Å². The van der Waals surface area contributed by atoms with Crippen LogP contribution in [0.4, 0.5) is 5.69 Å². The Morgan fingerprint density at radius 3 is 2.64 bits per heavy atom. The van der Waals surface area contributed by atoms with E-state index in [0.717, 1.165) is 17.9 Å². The van der Waals surface area contributed by atoms with Crippen molar-refractivity contribution < 1.29 is 14.3 Å². The molecular formula is C17H24N2O3. The van der Waals surface area contributed by atoms with Gasteiger partial charge in [0.25, 0.3) is 0 Å². The Kier molecular flexibility index (Phi) is 5.41. The minimum atomic E-state index is -0.270. The molecule has 0 aromatic heterocycles. The lowest BCUT2D eigenvalue weighted by Gasteiger charge is -2.18. The van der Waals surface area contributed by atoms with E-state index in [2.05, 4.69) is 5.32 Å². The number of carbonyl (C=O) groups excluding carboxylic acids is 2. The van der Waals surface area contributed by atoms with E-state index in [1.54, 1.807) is 4.90 Å². The van der Waals surface area contributed by atoms with Crippen molar-refractivity contribution in [3.8, 4) is 5.75 Å². The van der Waals surface area contributed by atoms with Crippen LogP contribution in [0.2, 0.25) is 0 Å². The second-order valence-corrected chi connectivity index (χ2v) is 5.65. The lowest BCUT2D eigenvalue weighted by molar-refractivity contribution is -0.126. The molecule has 2 amide bonds. The van der Waals surface area contributed by atoms with Gasteiger partial charge in [-0.1, -0.05) is 6.92 Å². The summed E-state index contributed by atoms with van der Waals surface area (Å²) < 4.78 is 5.40. The van der Waals surface area contributed by atoms with E-state index in [1.165, 1.54) is 0 Å². The first-order chi connectivity index (χ1) is 10.5. The molecule has 0 aliphatic carbocycles. The van der Waals surface area contributed by atoms with Crippen LogP contribution in [0.1, 0.15) is 33.6 Å². The normalized spacial score (nSPS) is 19.1. The zero-order valence-electron chi connectivity index (χ0n) is 13.5. The van der Waals surface area contributed by atoms with Gasteiger partial charge in [0.1, 0.15) is 5.75 Å². The lowest BCUT2D eigenvalue weighted by Crippen LogP contribution is -2.38. The third-order valence-corrected chi connectivity index (χ3v) is 3.96. The first-order valence-electron chi connectivity index (χ1n) is 7.88. The van der Waals surface area contributed by atoms with Gasteiger partial charge in [-0.05, 0) is 44.5 Å². The maximum absolute atomic E-state index is 12.2. The summed E-state index contributed by atoms with van der Waals surface area (Å²) in [6, 6.07) is 7.55. The van der Waals surface area contributed by atoms with Crippen molar-refractivity contribution in [2.24, 2.45) is 5.92 Å². The summed E-state index contributed by atoms with van der Waals surface area (Å²) in [6.07, 6.45) is 1.16. The molecule has 0 spiro atoms. The average molecular weight is 304 g/mol. The fourth-order valence-electron chi connectivity index (χ4n) is 2.48. The third-order valence-electron chi connectivity index (χ3n) is 3.96. The van der Waals surface area contributed by atoms with Crippen LogP contribution in [0.15, 0.2) is 24.3 Å². The molecule has 1 aliphatic heterocycles. The summed E-state index contributed by atoms with van der Waals surface area (Å²) in [7, 11) is 0. The van der Waals surface area contributed by atoms with Crippen LogP contribution < -0.4 is 15.0 Å². The number of nitrogens with zero attached hydrogens (tertiary/aromatic N) is 1. The van der Waals surface area contributed by atoms with Crippen LogP contribution in [0, 0.1) is 5.92 Å². The van der Waals surface area contributed by atoms with Gasteiger partial charge in [-0.3, -0.25) is 9.59 Å². The Morgan fingerprint density at radius 2 is 2.05 bits per heavy atom. The Bertz CT molecular complexity index is 527. The molecule has 1 fully saturated rings. The van der Waals surface area contributed by atoms with Gasteiger partial charge in [-0.25, -0.2) is 0 Å². The first-order valence-corrected chi connectivity index (χ1v) is 7.88. The van der Waals surface area contributed by atoms with Gasteiger partial charge in [0, 0.05) is 24.7 Å². The van der Waals surface area contributed by atoms with Gasteiger partial charge >= 0.3 is 0 Å². The quantitative estimate of drug-likeness (QED) is 0.877. The van der Waals surface area contributed by atoms with Crippen molar-refractivity contribution in [3.63, 3.8) is 0 Å². The molecule has 1 aromatic carbocycles. The minimum absolute atomic E-state index is 0.00605. The van der Waals surface area contributed by atoms with Crippen LogP contribution in [0.3, 0.4) is 0 Å². The molecule has 22 heavy (non-hydrogen) atoms. The molecule has 2 atom stereocenters. The number of amides is 2. The molecule has 1 saturated heterocycles. The molecule has 1 N–H and O–H groups in total. The van der Waals surface area contributed by atoms with Crippen LogP contribution >= 0.6 is 0 Å². The minimum Gasteiger partial charge on any atom is -0.494 e. The van der Waals surface area contributed by atoms with E-state index >= 15 is 0 Å². The van der Waals surface area contributed by atoms with E-state index < -0.39 is 0 Å². The molecule has 0 radical (unpaired) electrons. The smallest absolute Gasteiger partial charge is 0.227 e. The molecular weight excluding hydrogens is 280 g/mol. The summed E-state index contributed by atoms with van der Waals surface area (Å²) >= 11 is 0. The molecule has 0 saturated carbocycles. The lowest BCUT2D eigenvalue weighted by atomic mass is 10.1. The predicted molar refractivity (Wildman–Crippen MR) is 86.0 cm³/mol. The maximum atomic E-state index is 12.2. The Balaban J connectivity index is 2.01. The molecule has 5 heteroatoms. The Hall–Kier alpha value is -2.04. The highest BCUT2D eigenvalue weighted by molar-refractivity contribution is 6.00.